The molecule has 0 spiro atoms. The lowest BCUT2D eigenvalue weighted by atomic mass is 10.1. The Kier molecular flexibility index (Phi) is 5.40. The summed E-state index contributed by atoms with van der Waals surface area (Å²) >= 11 is 0. The Morgan fingerprint density at radius 2 is 1.84 bits per heavy atom. The van der Waals surface area contributed by atoms with Crippen molar-refractivity contribution < 1.29 is 14.0 Å². The summed E-state index contributed by atoms with van der Waals surface area (Å²) in [4.78, 5) is 24.1. The molecule has 130 valence electrons. The van der Waals surface area contributed by atoms with Crippen molar-refractivity contribution in [2.24, 2.45) is 0 Å². The van der Waals surface area contributed by atoms with Crippen LogP contribution in [0.4, 0.5) is 15.8 Å². The van der Waals surface area contributed by atoms with Crippen molar-refractivity contribution in [2.45, 2.75) is 25.3 Å². The van der Waals surface area contributed by atoms with Crippen LogP contribution < -0.4 is 16.0 Å². The summed E-state index contributed by atoms with van der Waals surface area (Å²) in [5.41, 5.74) is 1.64. The molecule has 5 nitrogen and oxygen atoms in total. The molecular weight excluding hydrogens is 321 g/mol. The van der Waals surface area contributed by atoms with Crippen molar-refractivity contribution in [1.29, 1.82) is 0 Å². The number of halogens is 1. The van der Waals surface area contributed by atoms with E-state index in [1.807, 2.05) is 0 Å². The first-order chi connectivity index (χ1) is 12.1. The smallest absolute Gasteiger partial charge is 0.241 e. The average Bonchev–Trinajstić information content (AvgIpc) is 3.13. The number of anilines is 2. The normalized spacial score (nSPS) is 16.4. The third kappa shape index (κ3) is 4.64. The van der Waals surface area contributed by atoms with Crippen LogP contribution in [-0.4, -0.2) is 24.4 Å². The van der Waals surface area contributed by atoms with Gasteiger partial charge in [0.05, 0.1) is 18.2 Å². The van der Waals surface area contributed by atoms with E-state index < -0.39 is 5.82 Å². The third-order valence-electron chi connectivity index (χ3n) is 4.11. The van der Waals surface area contributed by atoms with E-state index in [2.05, 4.69) is 16.0 Å². The Hall–Kier alpha value is -2.73. The van der Waals surface area contributed by atoms with E-state index in [0.29, 0.717) is 5.69 Å². The Labute approximate surface area is 145 Å². The van der Waals surface area contributed by atoms with Gasteiger partial charge in [-0.05, 0) is 49.2 Å². The average molecular weight is 341 g/mol. The number of carbonyl (C=O) groups is 2. The first-order valence-electron chi connectivity index (χ1n) is 8.29. The molecule has 1 atom stereocenters. The molecule has 2 amide bonds. The maximum atomic E-state index is 13.5. The largest absolute Gasteiger partial charge is 0.325 e. The summed E-state index contributed by atoms with van der Waals surface area (Å²) in [5.74, 6) is -0.797. The number of carbonyl (C=O) groups excluding carboxylic acids is 2. The molecule has 6 heteroatoms. The fourth-order valence-corrected chi connectivity index (χ4v) is 2.79. The second-order valence-electron chi connectivity index (χ2n) is 6.04. The van der Waals surface area contributed by atoms with Crippen LogP contribution in [0.25, 0.3) is 0 Å². The molecule has 3 rings (SSSR count). The molecule has 25 heavy (non-hydrogen) atoms. The van der Waals surface area contributed by atoms with Gasteiger partial charge in [0.15, 0.2) is 0 Å². The Morgan fingerprint density at radius 3 is 2.52 bits per heavy atom. The minimum Gasteiger partial charge on any atom is -0.325 e. The van der Waals surface area contributed by atoms with Gasteiger partial charge >= 0.3 is 0 Å². The molecule has 0 bridgehead atoms. The molecule has 0 aliphatic carbocycles. The van der Waals surface area contributed by atoms with Crippen LogP contribution in [0.2, 0.25) is 0 Å². The SMILES string of the molecule is O=C(Cc1ccc(NC(=O)C2CCCN2)cc1)Nc1ccccc1F. The maximum absolute atomic E-state index is 13.5. The lowest BCUT2D eigenvalue weighted by Gasteiger charge is -2.11. The van der Waals surface area contributed by atoms with E-state index in [4.69, 9.17) is 0 Å². The first-order valence-corrected chi connectivity index (χ1v) is 8.29. The second-order valence-corrected chi connectivity index (χ2v) is 6.04. The summed E-state index contributed by atoms with van der Waals surface area (Å²) < 4.78 is 13.5. The molecule has 1 saturated heterocycles. The number of hydrogen-bond acceptors (Lipinski definition) is 3. The van der Waals surface area contributed by atoms with Gasteiger partial charge in [0.1, 0.15) is 5.82 Å². The molecule has 1 aliphatic rings. The second kappa shape index (κ2) is 7.90. The quantitative estimate of drug-likeness (QED) is 0.783. The van der Waals surface area contributed by atoms with Crippen molar-refractivity contribution >= 4 is 23.2 Å². The van der Waals surface area contributed by atoms with E-state index in [1.54, 1.807) is 36.4 Å². The summed E-state index contributed by atoms with van der Waals surface area (Å²) in [6.45, 7) is 0.869. The van der Waals surface area contributed by atoms with E-state index >= 15 is 0 Å². The summed E-state index contributed by atoms with van der Waals surface area (Å²) in [6, 6.07) is 13.0. The van der Waals surface area contributed by atoms with Gasteiger partial charge < -0.3 is 16.0 Å². The van der Waals surface area contributed by atoms with Gasteiger partial charge in [-0.1, -0.05) is 24.3 Å². The molecule has 0 aromatic heterocycles. The van der Waals surface area contributed by atoms with Gasteiger partial charge in [0.2, 0.25) is 11.8 Å². The lowest BCUT2D eigenvalue weighted by Crippen LogP contribution is -2.35. The third-order valence-corrected chi connectivity index (χ3v) is 4.11. The molecular formula is C19H20FN3O2. The molecule has 1 unspecified atom stereocenters. The molecule has 0 radical (unpaired) electrons. The predicted molar refractivity (Wildman–Crippen MR) is 94.8 cm³/mol. The molecule has 2 aromatic rings. The van der Waals surface area contributed by atoms with Crippen LogP contribution >= 0.6 is 0 Å². The maximum Gasteiger partial charge on any atom is 0.241 e. The highest BCUT2D eigenvalue weighted by Gasteiger charge is 2.21. The van der Waals surface area contributed by atoms with Gasteiger partial charge in [-0.25, -0.2) is 4.39 Å². The van der Waals surface area contributed by atoms with Crippen LogP contribution in [0, 0.1) is 5.82 Å². The van der Waals surface area contributed by atoms with E-state index in [9.17, 15) is 14.0 Å². The minimum atomic E-state index is -0.463. The Bertz CT molecular complexity index is 756. The van der Waals surface area contributed by atoms with Crippen molar-refractivity contribution in [2.75, 3.05) is 17.2 Å². The highest BCUT2D eigenvalue weighted by Crippen LogP contribution is 2.15. The fraction of sp³-hybridized carbons (Fsp3) is 0.263. The van der Waals surface area contributed by atoms with Crippen molar-refractivity contribution in [1.82, 2.24) is 5.32 Å². The molecule has 0 saturated carbocycles. The zero-order valence-electron chi connectivity index (χ0n) is 13.7. The standard InChI is InChI=1S/C19H20FN3O2/c20-15-4-1-2-5-16(15)23-18(24)12-13-7-9-14(10-8-13)22-19(25)17-6-3-11-21-17/h1-2,4-5,7-10,17,21H,3,6,11-12H2,(H,22,25)(H,23,24). The summed E-state index contributed by atoms with van der Waals surface area (Å²) in [5, 5.41) is 8.56. The van der Waals surface area contributed by atoms with E-state index in [1.165, 1.54) is 12.1 Å². The zero-order chi connectivity index (χ0) is 17.6. The van der Waals surface area contributed by atoms with Crippen LogP contribution in [0.5, 0.6) is 0 Å². The molecule has 3 N–H and O–H groups in total. The van der Waals surface area contributed by atoms with Crippen molar-refractivity contribution in [3.05, 3.63) is 59.9 Å². The predicted octanol–water partition coefficient (Wildman–Crippen LogP) is 2.70. The number of rotatable bonds is 5. The topological polar surface area (TPSA) is 70.2 Å². The van der Waals surface area contributed by atoms with Crippen molar-refractivity contribution in [3.8, 4) is 0 Å². The van der Waals surface area contributed by atoms with Crippen LogP contribution in [0.3, 0.4) is 0 Å². The molecule has 1 aliphatic heterocycles. The number of nitrogens with one attached hydrogen (secondary N) is 3. The lowest BCUT2D eigenvalue weighted by molar-refractivity contribution is -0.118. The van der Waals surface area contributed by atoms with Crippen LogP contribution in [0.1, 0.15) is 18.4 Å². The number of para-hydroxylation sites is 1. The van der Waals surface area contributed by atoms with E-state index in [0.717, 1.165) is 24.9 Å². The Balaban J connectivity index is 1.54. The van der Waals surface area contributed by atoms with Gasteiger partial charge in [-0.15, -0.1) is 0 Å². The molecule has 1 heterocycles. The summed E-state index contributed by atoms with van der Waals surface area (Å²) in [6.07, 6.45) is 1.99. The minimum absolute atomic E-state index is 0.0393. The first kappa shape index (κ1) is 17.1. The number of hydrogen-bond donors (Lipinski definition) is 3. The summed E-state index contributed by atoms with van der Waals surface area (Å²) in [7, 11) is 0. The van der Waals surface area contributed by atoms with Crippen LogP contribution in [0.15, 0.2) is 48.5 Å². The highest BCUT2D eigenvalue weighted by molar-refractivity contribution is 5.95. The van der Waals surface area contributed by atoms with Crippen LogP contribution in [-0.2, 0) is 16.0 Å². The van der Waals surface area contributed by atoms with Gasteiger partial charge in [0.25, 0.3) is 0 Å². The zero-order valence-corrected chi connectivity index (χ0v) is 13.7. The Morgan fingerprint density at radius 1 is 1.08 bits per heavy atom. The van der Waals surface area contributed by atoms with E-state index in [-0.39, 0.29) is 30.0 Å². The van der Waals surface area contributed by atoms with Gasteiger partial charge in [-0.3, -0.25) is 9.59 Å². The van der Waals surface area contributed by atoms with Gasteiger partial charge in [-0.2, -0.15) is 0 Å². The van der Waals surface area contributed by atoms with Crippen molar-refractivity contribution in [3.63, 3.8) is 0 Å². The van der Waals surface area contributed by atoms with Gasteiger partial charge in [0, 0.05) is 5.69 Å². The number of benzene rings is 2. The monoisotopic (exact) mass is 341 g/mol. The molecule has 2 aromatic carbocycles. The highest BCUT2D eigenvalue weighted by atomic mass is 19.1. The number of amides is 2. The fourth-order valence-electron chi connectivity index (χ4n) is 2.79. The molecule has 1 fully saturated rings.